The lowest BCUT2D eigenvalue weighted by atomic mass is 9.98. The fraction of sp³-hybridized carbons (Fsp3) is 0.588. The summed E-state index contributed by atoms with van der Waals surface area (Å²) in [6, 6.07) is 16.8. The van der Waals surface area contributed by atoms with Gasteiger partial charge in [0.2, 0.25) is 0 Å². The summed E-state index contributed by atoms with van der Waals surface area (Å²) in [5, 5.41) is 3.47. The minimum Gasteiger partial charge on any atom is -0.355 e. The topological polar surface area (TPSA) is 59.1 Å². The van der Waals surface area contributed by atoms with Gasteiger partial charge >= 0.3 is 0 Å². The molecule has 0 atom stereocenters. The van der Waals surface area contributed by atoms with Crippen LogP contribution in [0.3, 0.4) is 0 Å². The van der Waals surface area contributed by atoms with Gasteiger partial charge in [-0.3, -0.25) is 9.59 Å². The van der Waals surface area contributed by atoms with Crippen molar-refractivity contribution < 1.29 is 9.59 Å². The van der Waals surface area contributed by atoms with Crippen LogP contribution in [0.15, 0.2) is 48.5 Å². The summed E-state index contributed by atoms with van der Waals surface area (Å²) < 4.78 is 0. The van der Waals surface area contributed by atoms with Gasteiger partial charge in [0.15, 0.2) is 0 Å². The van der Waals surface area contributed by atoms with E-state index in [2.05, 4.69) is 15.1 Å². The van der Waals surface area contributed by atoms with Crippen molar-refractivity contribution in [2.24, 2.45) is 0 Å². The fourth-order valence-electron chi connectivity index (χ4n) is 7.43. The van der Waals surface area contributed by atoms with Crippen LogP contribution in [0.5, 0.6) is 0 Å². The molecule has 2 aromatic rings. The van der Waals surface area contributed by atoms with E-state index >= 15 is 0 Å². The second kappa shape index (κ2) is 13.4. The number of nitrogens with one attached hydrogen (secondary N) is 1. The SMILES string of the molecule is O=C(c1ccc(C(=O)N2CCC(N3CCCCC3)CC2)c(Nc2ccccc2)c1)N1CCC(N2CCCCC2)CC1. The van der Waals surface area contributed by atoms with Crippen molar-refractivity contribution in [1.82, 2.24) is 19.6 Å². The molecule has 7 nitrogen and oxygen atoms in total. The molecule has 4 aliphatic heterocycles. The van der Waals surface area contributed by atoms with E-state index in [1.54, 1.807) is 0 Å². The summed E-state index contributed by atoms with van der Waals surface area (Å²) in [6.45, 7) is 8.00. The Balaban J connectivity index is 1.14. The number of likely N-dealkylation sites (tertiary alicyclic amines) is 4. The van der Waals surface area contributed by atoms with Crippen LogP contribution in [-0.4, -0.2) is 95.9 Å². The Hall–Kier alpha value is -2.90. The molecule has 7 heteroatoms. The summed E-state index contributed by atoms with van der Waals surface area (Å²) >= 11 is 0. The molecular formula is C34H47N5O2. The molecule has 0 aromatic heterocycles. The predicted molar refractivity (Wildman–Crippen MR) is 165 cm³/mol. The Morgan fingerprint density at radius 1 is 0.585 bits per heavy atom. The number of anilines is 2. The Bertz CT molecular complexity index is 1160. The summed E-state index contributed by atoms with van der Waals surface area (Å²) in [5.41, 5.74) is 2.93. The first kappa shape index (κ1) is 28.2. The Labute approximate surface area is 245 Å². The van der Waals surface area contributed by atoms with Gasteiger partial charge in [0.05, 0.1) is 11.3 Å². The molecule has 0 saturated carbocycles. The van der Waals surface area contributed by atoms with Gasteiger partial charge in [0.25, 0.3) is 11.8 Å². The van der Waals surface area contributed by atoms with E-state index in [9.17, 15) is 9.59 Å². The van der Waals surface area contributed by atoms with E-state index in [-0.39, 0.29) is 11.8 Å². The number of hydrogen-bond acceptors (Lipinski definition) is 5. The lowest BCUT2D eigenvalue weighted by Gasteiger charge is -2.40. The molecule has 1 N–H and O–H groups in total. The van der Waals surface area contributed by atoms with Crippen molar-refractivity contribution >= 4 is 23.2 Å². The smallest absolute Gasteiger partial charge is 0.255 e. The number of para-hydroxylation sites is 1. The summed E-state index contributed by atoms with van der Waals surface area (Å²) in [4.78, 5) is 36.8. The van der Waals surface area contributed by atoms with Gasteiger partial charge < -0.3 is 24.9 Å². The highest BCUT2D eigenvalue weighted by Crippen LogP contribution is 2.28. The third-order valence-corrected chi connectivity index (χ3v) is 9.87. The highest BCUT2D eigenvalue weighted by atomic mass is 16.2. The normalized spacial score (nSPS) is 22.0. The van der Waals surface area contributed by atoms with E-state index in [4.69, 9.17) is 0 Å². The van der Waals surface area contributed by atoms with E-state index in [1.807, 2.05) is 58.3 Å². The zero-order valence-corrected chi connectivity index (χ0v) is 24.6. The molecule has 41 heavy (non-hydrogen) atoms. The number of piperidine rings is 4. The van der Waals surface area contributed by atoms with Gasteiger partial charge in [0.1, 0.15) is 0 Å². The first-order valence-corrected chi connectivity index (χ1v) is 16.2. The number of hydrogen-bond donors (Lipinski definition) is 1. The maximum atomic E-state index is 13.8. The van der Waals surface area contributed by atoms with Gasteiger partial charge in [-0.15, -0.1) is 0 Å². The Morgan fingerprint density at radius 3 is 1.63 bits per heavy atom. The van der Waals surface area contributed by atoms with E-state index in [1.165, 1.54) is 64.7 Å². The molecule has 4 aliphatic rings. The number of nitrogens with zero attached hydrogens (tertiary/aromatic N) is 4. The molecule has 220 valence electrons. The van der Waals surface area contributed by atoms with Crippen molar-refractivity contribution in [3.8, 4) is 0 Å². The van der Waals surface area contributed by atoms with Crippen LogP contribution < -0.4 is 5.32 Å². The van der Waals surface area contributed by atoms with Crippen LogP contribution in [0.4, 0.5) is 11.4 Å². The van der Waals surface area contributed by atoms with Gasteiger partial charge in [-0.05, 0) is 108 Å². The van der Waals surface area contributed by atoms with Gasteiger partial charge in [-0.25, -0.2) is 0 Å². The van der Waals surface area contributed by atoms with Gasteiger partial charge in [-0.1, -0.05) is 31.0 Å². The van der Waals surface area contributed by atoms with Crippen LogP contribution in [0.25, 0.3) is 0 Å². The van der Waals surface area contributed by atoms with Crippen molar-refractivity contribution in [3.63, 3.8) is 0 Å². The summed E-state index contributed by atoms with van der Waals surface area (Å²) in [6.07, 6.45) is 12.1. The van der Waals surface area contributed by atoms with Gasteiger partial charge in [0, 0.05) is 49.5 Å². The van der Waals surface area contributed by atoms with Crippen molar-refractivity contribution in [1.29, 1.82) is 0 Å². The van der Waals surface area contributed by atoms with Crippen molar-refractivity contribution in [2.75, 3.05) is 57.7 Å². The summed E-state index contributed by atoms with van der Waals surface area (Å²) in [7, 11) is 0. The highest BCUT2D eigenvalue weighted by molar-refractivity contribution is 6.03. The average Bonchev–Trinajstić information content (AvgIpc) is 3.05. The van der Waals surface area contributed by atoms with Crippen LogP contribution in [0.2, 0.25) is 0 Å². The third kappa shape index (κ3) is 6.78. The van der Waals surface area contributed by atoms with Crippen LogP contribution in [0, 0.1) is 0 Å². The third-order valence-electron chi connectivity index (χ3n) is 9.87. The average molecular weight is 558 g/mol. The number of carbonyl (C=O) groups is 2. The molecule has 0 radical (unpaired) electrons. The van der Waals surface area contributed by atoms with Gasteiger partial charge in [-0.2, -0.15) is 0 Å². The van der Waals surface area contributed by atoms with E-state index in [0.717, 1.165) is 57.5 Å². The minimum atomic E-state index is 0.0573. The second-order valence-electron chi connectivity index (χ2n) is 12.5. The Morgan fingerprint density at radius 2 is 1.10 bits per heavy atom. The molecule has 0 unspecified atom stereocenters. The number of rotatable bonds is 6. The second-order valence-corrected chi connectivity index (χ2v) is 12.5. The molecule has 0 bridgehead atoms. The number of benzene rings is 2. The number of carbonyl (C=O) groups excluding carboxylic acids is 2. The molecule has 4 fully saturated rings. The first-order chi connectivity index (χ1) is 20.2. The molecule has 6 rings (SSSR count). The quantitative estimate of drug-likeness (QED) is 0.500. The number of amides is 2. The lowest BCUT2D eigenvalue weighted by Crippen LogP contribution is -2.48. The highest BCUT2D eigenvalue weighted by Gasteiger charge is 2.31. The standard InChI is InChI=1S/C34H47N5O2/c40-33(38-22-14-29(15-23-38)36-18-6-2-7-19-36)27-12-13-31(32(26-27)35-28-10-4-1-5-11-28)34(41)39-24-16-30(17-25-39)37-20-8-3-9-21-37/h1,4-5,10-13,26,29-30,35H,2-3,6-9,14-25H2. The minimum absolute atomic E-state index is 0.0573. The van der Waals surface area contributed by atoms with Crippen molar-refractivity contribution in [2.45, 2.75) is 76.3 Å². The Kier molecular flexibility index (Phi) is 9.22. The molecule has 2 aromatic carbocycles. The first-order valence-electron chi connectivity index (χ1n) is 16.2. The maximum Gasteiger partial charge on any atom is 0.255 e. The van der Waals surface area contributed by atoms with Crippen LogP contribution in [-0.2, 0) is 0 Å². The predicted octanol–water partition coefficient (Wildman–Crippen LogP) is 5.61. The lowest BCUT2D eigenvalue weighted by molar-refractivity contribution is 0.0580. The largest absolute Gasteiger partial charge is 0.355 e. The van der Waals surface area contributed by atoms with E-state index < -0.39 is 0 Å². The molecular weight excluding hydrogens is 510 g/mol. The fourth-order valence-corrected chi connectivity index (χ4v) is 7.43. The molecule has 0 spiro atoms. The zero-order chi connectivity index (χ0) is 28.0. The van der Waals surface area contributed by atoms with Crippen LogP contribution in [0.1, 0.15) is 84.9 Å². The van der Waals surface area contributed by atoms with Crippen molar-refractivity contribution in [3.05, 3.63) is 59.7 Å². The molecule has 2 amide bonds. The molecule has 0 aliphatic carbocycles. The zero-order valence-electron chi connectivity index (χ0n) is 24.6. The van der Waals surface area contributed by atoms with Crippen LogP contribution >= 0.6 is 0 Å². The summed E-state index contributed by atoms with van der Waals surface area (Å²) in [5.74, 6) is 0.126. The monoisotopic (exact) mass is 557 g/mol. The van der Waals surface area contributed by atoms with E-state index in [0.29, 0.717) is 28.9 Å². The maximum absolute atomic E-state index is 13.8. The molecule has 4 saturated heterocycles. The molecule has 4 heterocycles.